The molecule has 0 radical (unpaired) electrons. The zero-order valence-electron chi connectivity index (χ0n) is 18.3. The van der Waals surface area contributed by atoms with Crippen molar-refractivity contribution in [1.82, 2.24) is 10.2 Å². The maximum Gasteiger partial charge on any atom is 0.251 e. The maximum absolute atomic E-state index is 12.9. The first kappa shape index (κ1) is 22.5. The standard InChI is InChI=1S/C24H29N3O4S/c1-18-8-10-19(11-9-18)22(26-13-3-2-4-14-26)17-25-24(29)20-6-5-7-21(16-20)27-23(28)12-15-32(27,30)31/h5-11,16,22H,2-4,12-15,17H2,1H3,(H,25,29)/t22-/m1/s1. The number of hydrogen-bond donors (Lipinski definition) is 1. The minimum absolute atomic E-state index is 0.0349. The second-order valence-electron chi connectivity index (χ2n) is 8.51. The third-order valence-electron chi connectivity index (χ3n) is 6.17. The number of carbonyl (C=O) groups is 2. The van der Waals surface area contributed by atoms with Crippen molar-refractivity contribution in [2.24, 2.45) is 0 Å². The zero-order chi connectivity index (χ0) is 22.7. The molecular weight excluding hydrogens is 426 g/mol. The molecule has 2 aromatic carbocycles. The fraction of sp³-hybridized carbons (Fsp3) is 0.417. The van der Waals surface area contributed by atoms with Gasteiger partial charge in [-0.2, -0.15) is 0 Å². The first-order valence-corrected chi connectivity index (χ1v) is 12.7. The third kappa shape index (κ3) is 4.86. The van der Waals surface area contributed by atoms with Crippen LogP contribution in [0.25, 0.3) is 0 Å². The topological polar surface area (TPSA) is 86.8 Å². The third-order valence-corrected chi connectivity index (χ3v) is 7.86. The molecular formula is C24H29N3O4S. The van der Waals surface area contributed by atoms with E-state index in [1.165, 1.54) is 23.6 Å². The molecule has 170 valence electrons. The molecule has 2 aromatic rings. The Morgan fingerprint density at radius 1 is 1.06 bits per heavy atom. The lowest BCUT2D eigenvalue weighted by Gasteiger charge is -2.35. The molecule has 0 spiro atoms. The van der Waals surface area contributed by atoms with Gasteiger partial charge in [0.15, 0.2) is 0 Å². The molecule has 4 rings (SSSR count). The van der Waals surface area contributed by atoms with E-state index in [1.807, 2.05) is 0 Å². The molecule has 2 fully saturated rings. The van der Waals surface area contributed by atoms with Gasteiger partial charge in [0, 0.05) is 18.5 Å². The summed E-state index contributed by atoms with van der Waals surface area (Å²) in [6, 6.07) is 14.7. The smallest absolute Gasteiger partial charge is 0.251 e. The molecule has 32 heavy (non-hydrogen) atoms. The Bertz CT molecular complexity index is 1090. The van der Waals surface area contributed by atoms with Gasteiger partial charge in [0.2, 0.25) is 15.9 Å². The van der Waals surface area contributed by atoms with E-state index >= 15 is 0 Å². The minimum Gasteiger partial charge on any atom is -0.350 e. The van der Waals surface area contributed by atoms with E-state index in [-0.39, 0.29) is 29.8 Å². The van der Waals surface area contributed by atoms with Crippen LogP contribution in [0, 0.1) is 6.92 Å². The van der Waals surface area contributed by atoms with Gasteiger partial charge in [-0.25, -0.2) is 12.7 Å². The second kappa shape index (κ2) is 9.42. The highest BCUT2D eigenvalue weighted by atomic mass is 32.2. The summed E-state index contributed by atoms with van der Waals surface area (Å²) in [5, 5.41) is 3.03. The number of amides is 2. The molecule has 1 atom stereocenters. The number of aryl methyl sites for hydroxylation is 1. The van der Waals surface area contributed by atoms with E-state index in [9.17, 15) is 18.0 Å². The average Bonchev–Trinajstić information content (AvgIpc) is 3.07. The van der Waals surface area contributed by atoms with Gasteiger partial charge >= 0.3 is 0 Å². The molecule has 1 N–H and O–H groups in total. The number of carbonyl (C=O) groups excluding carboxylic acids is 2. The van der Waals surface area contributed by atoms with Crippen LogP contribution in [0.5, 0.6) is 0 Å². The largest absolute Gasteiger partial charge is 0.350 e. The molecule has 0 unspecified atom stereocenters. The molecule has 8 heteroatoms. The van der Waals surface area contributed by atoms with Crippen molar-refractivity contribution < 1.29 is 18.0 Å². The summed E-state index contributed by atoms with van der Waals surface area (Å²) in [4.78, 5) is 27.4. The summed E-state index contributed by atoms with van der Waals surface area (Å²) in [5.41, 5.74) is 2.91. The van der Waals surface area contributed by atoms with Crippen LogP contribution in [0.2, 0.25) is 0 Å². The first-order valence-electron chi connectivity index (χ1n) is 11.1. The van der Waals surface area contributed by atoms with E-state index in [2.05, 4.69) is 41.4 Å². The monoisotopic (exact) mass is 455 g/mol. The van der Waals surface area contributed by atoms with Gasteiger partial charge in [0.25, 0.3) is 5.91 Å². The molecule has 0 saturated carbocycles. The van der Waals surface area contributed by atoms with E-state index in [0.29, 0.717) is 12.1 Å². The Morgan fingerprint density at radius 2 is 1.78 bits per heavy atom. The zero-order valence-corrected chi connectivity index (χ0v) is 19.1. The quantitative estimate of drug-likeness (QED) is 0.724. The van der Waals surface area contributed by atoms with Crippen molar-refractivity contribution in [2.75, 3.05) is 29.7 Å². The molecule has 0 bridgehead atoms. The molecule has 2 saturated heterocycles. The lowest BCUT2D eigenvalue weighted by atomic mass is 10.0. The highest BCUT2D eigenvalue weighted by Gasteiger charge is 2.36. The van der Waals surface area contributed by atoms with Crippen molar-refractivity contribution >= 4 is 27.5 Å². The van der Waals surface area contributed by atoms with Crippen LogP contribution in [-0.4, -0.2) is 50.5 Å². The van der Waals surface area contributed by atoms with Gasteiger partial charge in [-0.1, -0.05) is 42.3 Å². The van der Waals surface area contributed by atoms with Gasteiger partial charge in [-0.3, -0.25) is 14.5 Å². The first-order chi connectivity index (χ1) is 15.3. The van der Waals surface area contributed by atoms with E-state index in [0.717, 1.165) is 30.2 Å². The van der Waals surface area contributed by atoms with Gasteiger partial charge in [-0.15, -0.1) is 0 Å². The van der Waals surface area contributed by atoms with Crippen molar-refractivity contribution in [1.29, 1.82) is 0 Å². The number of nitrogens with zero attached hydrogens (tertiary/aromatic N) is 2. The van der Waals surface area contributed by atoms with Crippen LogP contribution in [0.4, 0.5) is 5.69 Å². The molecule has 2 aliphatic heterocycles. The Labute approximate surface area is 189 Å². The summed E-state index contributed by atoms with van der Waals surface area (Å²) in [6.07, 6.45) is 3.49. The van der Waals surface area contributed by atoms with Gasteiger partial charge in [0.05, 0.1) is 17.5 Å². The summed E-state index contributed by atoms with van der Waals surface area (Å²) < 4.78 is 25.3. The van der Waals surface area contributed by atoms with Crippen molar-refractivity contribution in [3.05, 3.63) is 65.2 Å². The van der Waals surface area contributed by atoms with Crippen LogP contribution in [0.1, 0.15) is 53.2 Å². The van der Waals surface area contributed by atoms with Crippen LogP contribution in [-0.2, 0) is 14.8 Å². The molecule has 2 aliphatic rings. The minimum atomic E-state index is -3.67. The number of piperidine rings is 1. The number of sulfonamides is 1. The number of rotatable bonds is 6. The Balaban J connectivity index is 1.51. The number of anilines is 1. The lowest BCUT2D eigenvalue weighted by Crippen LogP contribution is -2.40. The number of nitrogens with one attached hydrogen (secondary N) is 1. The van der Waals surface area contributed by atoms with Crippen molar-refractivity contribution in [3.63, 3.8) is 0 Å². The van der Waals surface area contributed by atoms with Crippen LogP contribution < -0.4 is 9.62 Å². The normalized spacial score (nSPS) is 19.7. The van der Waals surface area contributed by atoms with Gasteiger partial charge in [0.1, 0.15) is 0 Å². The summed E-state index contributed by atoms with van der Waals surface area (Å²) >= 11 is 0. The molecule has 2 amide bonds. The van der Waals surface area contributed by atoms with Crippen molar-refractivity contribution in [2.45, 2.75) is 38.6 Å². The van der Waals surface area contributed by atoms with E-state index < -0.39 is 15.9 Å². The predicted octanol–water partition coefficient (Wildman–Crippen LogP) is 3.02. The highest BCUT2D eigenvalue weighted by molar-refractivity contribution is 7.94. The number of benzene rings is 2. The van der Waals surface area contributed by atoms with Crippen LogP contribution in [0.15, 0.2) is 48.5 Å². The Hall–Kier alpha value is -2.71. The number of hydrogen-bond acceptors (Lipinski definition) is 5. The second-order valence-corrected chi connectivity index (χ2v) is 10.4. The summed E-state index contributed by atoms with van der Waals surface area (Å²) in [5.74, 6) is -0.951. The predicted molar refractivity (Wildman–Crippen MR) is 124 cm³/mol. The van der Waals surface area contributed by atoms with Gasteiger partial charge in [-0.05, 0) is 56.6 Å². The lowest BCUT2D eigenvalue weighted by molar-refractivity contribution is -0.116. The SMILES string of the molecule is Cc1ccc([C@@H](CNC(=O)c2cccc(N3C(=O)CCS3(=O)=O)c2)N2CCCCC2)cc1. The average molecular weight is 456 g/mol. The fourth-order valence-corrected chi connectivity index (χ4v) is 5.86. The van der Waals surface area contributed by atoms with E-state index in [1.54, 1.807) is 18.2 Å². The molecule has 0 aromatic heterocycles. The van der Waals surface area contributed by atoms with Crippen molar-refractivity contribution in [3.8, 4) is 0 Å². The Kier molecular flexibility index (Phi) is 6.62. The Morgan fingerprint density at radius 3 is 2.44 bits per heavy atom. The van der Waals surface area contributed by atoms with E-state index in [4.69, 9.17) is 0 Å². The molecule has 0 aliphatic carbocycles. The van der Waals surface area contributed by atoms with Crippen LogP contribution in [0.3, 0.4) is 0 Å². The fourth-order valence-electron chi connectivity index (χ4n) is 4.41. The molecule has 2 heterocycles. The summed E-state index contributed by atoms with van der Waals surface area (Å²) in [7, 11) is -3.67. The van der Waals surface area contributed by atoms with Crippen LogP contribution >= 0.6 is 0 Å². The number of likely N-dealkylation sites (tertiary alicyclic amines) is 1. The highest BCUT2D eigenvalue weighted by Crippen LogP contribution is 2.27. The van der Waals surface area contributed by atoms with Gasteiger partial charge < -0.3 is 5.32 Å². The maximum atomic E-state index is 12.9. The summed E-state index contributed by atoms with van der Waals surface area (Å²) in [6.45, 7) is 4.50. The molecule has 7 nitrogen and oxygen atoms in total.